The Morgan fingerprint density at radius 3 is 2.67 bits per heavy atom. The largest absolute Gasteiger partial charge is 0.457 e. The van der Waals surface area contributed by atoms with Crippen LogP contribution in [-0.2, 0) is 0 Å². The van der Waals surface area contributed by atoms with Crippen molar-refractivity contribution in [3.05, 3.63) is 54.3 Å². The molecular weight excluding hydrogens is 298 g/mol. The Morgan fingerprint density at radius 1 is 1.17 bits per heavy atom. The third-order valence-electron chi connectivity index (χ3n) is 4.75. The molecule has 4 nitrogen and oxygen atoms in total. The minimum absolute atomic E-state index is 0.0591. The first-order chi connectivity index (χ1) is 11.7. The van der Waals surface area contributed by atoms with E-state index in [-0.39, 0.29) is 6.04 Å². The van der Waals surface area contributed by atoms with E-state index >= 15 is 0 Å². The Bertz CT molecular complexity index is 902. The molecule has 0 spiro atoms. The lowest BCUT2D eigenvalue weighted by Gasteiger charge is -2.30. The maximum atomic E-state index is 6.21. The van der Waals surface area contributed by atoms with Crippen LogP contribution in [0.25, 0.3) is 10.8 Å². The van der Waals surface area contributed by atoms with Crippen LogP contribution in [0.1, 0.15) is 13.8 Å². The van der Waals surface area contributed by atoms with Crippen molar-refractivity contribution >= 4 is 27.9 Å². The lowest BCUT2D eigenvalue weighted by Crippen LogP contribution is -2.32. The fraction of sp³-hybridized carbons (Fsp3) is 0.250. The molecule has 0 amide bonds. The highest BCUT2D eigenvalue weighted by Crippen LogP contribution is 2.42. The van der Waals surface area contributed by atoms with Crippen molar-refractivity contribution in [2.24, 2.45) is 0 Å². The smallest absolute Gasteiger partial charge is 0.203 e. The zero-order valence-corrected chi connectivity index (χ0v) is 14.0. The van der Waals surface area contributed by atoms with Crippen molar-refractivity contribution in [2.75, 3.05) is 24.1 Å². The first kappa shape index (κ1) is 14.8. The van der Waals surface area contributed by atoms with Crippen molar-refractivity contribution < 1.29 is 9.31 Å². The standard InChI is InChI=1S/C20H22N3O/c1-3-23(4-2)13-9-10-17-18(11-13)24-19-12-16(21)14-7-5-6-8-15(14)20(19)22-17/h5-12,17,22H,3-4,21H2,1-2H3/q+1. The fourth-order valence-corrected chi connectivity index (χ4v) is 3.46. The van der Waals surface area contributed by atoms with Gasteiger partial charge in [-0.15, -0.1) is 0 Å². The highest BCUT2D eigenvalue weighted by Gasteiger charge is 2.28. The minimum atomic E-state index is 0.0591. The number of nitrogen functional groups attached to an aromatic ring is 1. The molecule has 0 saturated carbocycles. The molecule has 0 saturated heterocycles. The first-order valence-electron chi connectivity index (χ1n) is 8.48. The van der Waals surface area contributed by atoms with Crippen molar-refractivity contribution in [1.29, 1.82) is 0 Å². The Balaban J connectivity index is 1.82. The summed E-state index contributed by atoms with van der Waals surface area (Å²) in [6.45, 7) is 6.28. The summed E-state index contributed by atoms with van der Waals surface area (Å²) in [7, 11) is 0. The highest BCUT2D eigenvalue weighted by atomic mass is 16.5. The van der Waals surface area contributed by atoms with E-state index in [1.807, 2.05) is 24.3 Å². The molecule has 1 unspecified atom stereocenters. The van der Waals surface area contributed by atoms with Gasteiger partial charge in [-0.3, -0.25) is 0 Å². The highest BCUT2D eigenvalue weighted by molar-refractivity contribution is 6.06. The molecule has 122 valence electrons. The predicted molar refractivity (Wildman–Crippen MR) is 100.0 cm³/mol. The maximum Gasteiger partial charge on any atom is 0.203 e. The summed E-state index contributed by atoms with van der Waals surface area (Å²) < 4.78 is 8.53. The molecule has 1 aliphatic carbocycles. The molecule has 0 bridgehead atoms. The number of benzene rings is 2. The average molecular weight is 320 g/mol. The van der Waals surface area contributed by atoms with Crippen molar-refractivity contribution in [3.8, 4) is 5.75 Å². The molecule has 4 heteroatoms. The first-order valence-corrected chi connectivity index (χ1v) is 8.48. The van der Waals surface area contributed by atoms with Crippen LogP contribution >= 0.6 is 0 Å². The van der Waals surface area contributed by atoms with Gasteiger partial charge >= 0.3 is 0 Å². The summed E-state index contributed by atoms with van der Waals surface area (Å²) >= 11 is 0. The van der Waals surface area contributed by atoms with Crippen LogP contribution < -0.4 is 15.8 Å². The Kier molecular flexibility index (Phi) is 3.53. The molecule has 1 atom stereocenters. The van der Waals surface area contributed by atoms with Crippen LogP contribution in [0.4, 0.5) is 11.4 Å². The third-order valence-corrected chi connectivity index (χ3v) is 4.75. The van der Waals surface area contributed by atoms with Gasteiger partial charge in [-0.25, -0.2) is 4.58 Å². The Hall–Kier alpha value is -2.75. The van der Waals surface area contributed by atoms with Crippen LogP contribution in [0.2, 0.25) is 0 Å². The summed E-state index contributed by atoms with van der Waals surface area (Å²) in [6, 6.07) is 10.1. The van der Waals surface area contributed by atoms with E-state index in [4.69, 9.17) is 10.5 Å². The zero-order valence-electron chi connectivity index (χ0n) is 14.0. The second kappa shape index (κ2) is 5.71. The van der Waals surface area contributed by atoms with Gasteiger partial charge in [-0.1, -0.05) is 24.3 Å². The summed E-state index contributed by atoms with van der Waals surface area (Å²) in [6.07, 6.45) is 6.46. The van der Waals surface area contributed by atoms with Gasteiger partial charge in [0.1, 0.15) is 24.9 Å². The molecule has 24 heavy (non-hydrogen) atoms. The Labute approximate surface area is 141 Å². The number of nitrogens with one attached hydrogen (secondary N) is 1. The van der Waals surface area contributed by atoms with E-state index in [0.717, 1.165) is 46.7 Å². The molecule has 3 N–H and O–H groups in total. The van der Waals surface area contributed by atoms with Gasteiger partial charge in [0.2, 0.25) is 5.71 Å². The zero-order chi connectivity index (χ0) is 16.7. The van der Waals surface area contributed by atoms with Crippen LogP contribution in [0.15, 0.2) is 54.3 Å². The number of hydrogen-bond acceptors (Lipinski definition) is 3. The number of nitrogens with two attached hydrogens (primary N) is 1. The number of nitrogens with zero attached hydrogens (tertiary/aromatic N) is 1. The van der Waals surface area contributed by atoms with Gasteiger partial charge < -0.3 is 15.8 Å². The van der Waals surface area contributed by atoms with Gasteiger partial charge in [0.05, 0.1) is 11.8 Å². The van der Waals surface area contributed by atoms with Gasteiger partial charge in [0.15, 0.2) is 5.75 Å². The molecular formula is C20H22N3O+. The summed E-state index contributed by atoms with van der Waals surface area (Å²) in [5, 5.41) is 5.74. The van der Waals surface area contributed by atoms with E-state index in [1.165, 1.54) is 5.71 Å². The second-order valence-corrected chi connectivity index (χ2v) is 6.11. The van der Waals surface area contributed by atoms with Crippen LogP contribution in [0.3, 0.4) is 0 Å². The number of rotatable bonds is 2. The number of fused-ring (bicyclic) bond motifs is 4. The summed E-state index contributed by atoms with van der Waals surface area (Å²) in [4.78, 5) is 0. The molecule has 2 aromatic rings. The topological polar surface area (TPSA) is 50.3 Å². The van der Waals surface area contributed by atoms with Crippen molar-refractivity contribution in [1.82, 2.24) is 0 Å². The van der Waals surface area contributed by atoms with Crippen molar-refractivity contribution in [3.63, 3.8) is 0 Å². The van der Waals surface area contributed by atoms with Gasteiger partial charge in [0.25, 0.3) is 0 Å². The summed E-state index contributed by atoms with van der Waals surface area (Å²) in [5.74, 6) is 1.71. The normalized spacial score (nSPS) is 18.3. The average Bonchev–Trinajstić information content (AvgIpc) is 2.62. The lowest BCUT2D eigenvalue weighted by atomic mass is 10.0. The predicted octanol–water partition coefficient (Wildman–Crippen LogP) is 3.54. The SMILES string of the molecule is CC[N+](CC)=C1C=CC2Nc3c(cc(N)c4ccccc34)OC2=C1. The monoisotopic (exact) mass is 320 g/mol. The van der Waals surface area contributed by atoms with Gasteiger partial charge in [-0.05, 0) is 19.9 Å². The molecule has 2 aliphatic rings. The molecule has 1 aliphatic heterocycles. The lowest BCUT2D eigenvalue weighted by molar-refractivity contribution is -0.519. The number of hydrogen-bond donors (Lipinski definition) is 2. The maximum absolute atomic E-state index is 6.21. The molecule has 0 fully saturated rings. The molecule has 0 radical (unpaired) electrons. The molecule has 0 aromatic heterocycles. The van der Waals surface area contributed by atoms with E-state index in [0.29, 0.717) is 0 Å². The van der Waals surface area contributed by atoms with Gasteiger partial charge in [-0.2, -0.15) is 0 Å². The quantitative estimate of drug-likeness (QED) is 0.657. The number of ether oxygens (including phenoxy) is 1. The van der Waals surface area contributed by atoms with Crippen LogP contribution in [-0.4, -0.2) is 29.4 Å². The second-order valence-electron chi connectivity index (χ2n) is 6.11. The molecule has 2 aromatic carbocycles. The minimum Gasteiger partial charge on any atom is -0.457 e. The Morgan fingerprint density at radius 2 is 1.92 bits per heavy atom. The fourth-order valence-electron chi connectivity index (χ4n) is 3.46. The van der Waals surface area contributed by atoms with Crippen LogP contribution in [0.5, 0.6) is 5.75 Å². The van der Waals surface area contributed by atoms with E-state index in [1.54, 1.807) is 0 Å². The van der Waals surface area contributed by atoms with Crippen molar-refractivity contribution in [2.45, 2.75) is 19.9 Å². The third kappa shape index (κ3) is 2.26. The van der Waals surface area contributed by atoms with Crippen LogP contribution in [0, 0.1) is 0 Å². The molecule has 1 heterocycles. The number of anilines is 2. The molecule has 4 rings (SSSR count). The number of allylic oxidation sites excluding steroid dienone is 2. The van der Waals surface area contributed by atoms with E-state index < -0.39 is 0 Å². The van der Waals surface area contributed by atoms with E-state index in [2.05, 4.69) is 48.0 Å². The summed E-state index contributed by atoms with van der Waals surface area (Å²) in [5.41, 5.74) is 9.15. The van der Waals surface area contributed by atoms with E-state index in [9.17, 15) is 0 Å². The van der Waals surface area contributed by atoms with Gasteiger partial charge in [0, 0.05) is 28.6 Å².